The van der Waals surface area contributed by atoms with Crippen molar-refractivity contribution in [3.05, 3.63) is 65.9 Å². The van der Waals surface area contributed by atoms with Gasteiger partial charge in [-0.2, -0.15) is 0 Å². The Bertz CT molecular complexity index is 1020. The molecule has 3 N–H and O–H groups in total. The van der Waals surface area contributed by atoms with E-state index in [4.69, 9.17) is 4.74 Å². The molecule has 0 unspecified atom stereocenters. The SMILES string of the molecule is COc1ccc(C)cc1NC(=O)c1ccc(Nc2ccc(NC(C)=O)cc2)nn1. The number of rotatable bonds is 6. The smallest absolute Gasteiger partial charge is 0.276 e. The van der Waals surface area contributed by atoms with E-state index in [-0.39, 0.29) is 17.5 Å². The number of aryl methyl sites for hydroxylation is 1. The summed E-state index contributed by atoms with van der Waals surface area (Å²) in [7, 11) is 1.54. The molecule has 0 fully saturated rings. The van der Waals surface area contributed by atoms with E-state index in [9.17, 15) is 9.59 Å². The molecule has 0 aliphatic rings. The standard InChI is InChI=1S/C21H21N5O3/c1-13-4-10-19(29-3)18(12-13)24-21(28)17-9-11-20(26-25-17)23-16-7-5-15(6-8-16)22-14(2)27/h4-12H,1-3H3,(H,22,27)(H,23,26)(H,24,28). The maximum absolute atomic E-state index is 12.5. The van der Waals surface area contributed by atoms with Crippen LogP contribution in [-0.2, 0) is 4.79 Å². The Morgan fingerprint density at radius 2 is 1.62 bits per heavy atom. The first-order valence-corrected chi connectivity index (χ1v) is 8.89. The van der Waals surface area contributed by atoms with Gasteiger partial charge in [-0.15, -0.1) is 10.2 Å². The van der Waals surface area contributed by atoms with Gasteiger partial charge in [-0.25, -0.2) is 0 Å². The summed E-state index contributed by atoms with van der Waals surface area (Å²) < 4.78 is 5.27. The molecular weight excluding hydrogens is 370 g/mol. The van der Waals surface area contributed by atoms with Crippen LogP contribution in [0.25, 0.3) is 0 Å². The van der Waals surface area contributed by atoms with Gasteiger partial charge >= 0.3 is 0 Å². The Kier molecular flexibility index (Phi) is 6.03. The topological polar surface area (TPSA) is 105 Å². The van der Waals surface area contributed by atoms with Crippen LogP contribution in [0.3, 0.4) is 0 Å². The molecule has 3 rings (SSSR count). The second-order valence-corrected chi connectivity index (χ2v) is 6.35. The third-order valence-corrected chi connectivity index (χ3v) is 3.98. The molecule has 3 aromatic rings. The van der Waals surface area contributed by atoms with Crippen LogP contribution < -0.4 is 20.7 Å². The lowest BCUT2D eigenvalue weighted by Crippen LogP contribution is -2.15. The molecule has 1 heterocycles. The highest BCUT2D eigenvalue weighted by molar-refractivity contribution is 6.03. The molecule has 0 saturated heterocycles. The number of ether oxygens (including phenoxy) is 1. The summed E-state index contributed by atoms with van der Waals surface area (Å²) in [5.74, 6) is 0.543. The van der Waals surface area contributed by atoms with Crippen molar-refractivity contribution in [2.75, 3.05) is 23.1 Å². The van der Waals surface area contributed by atoms with Gasteiger partial charge < -0.3 is 20.7 Å². The zero-order chi connectivity index (χ0) is 20.8. The maximum atomic E-state index is 12.5. The number of nitrogens with zero attached hydrogens (tertiary/aromatic N) is 2. The third kappa shape index (κ3) is 5.29. The number of benzene rings is 2. The number of hydrogen-bond acceptors (Lipinski definition) is 6. The van der Waals surface area contributed by atoms with Crippen LogP contribution in [0, 0.1) is 6.92 Å². The zero-order valence-corrected chi connectivity index (χ0v) is 16.3. The predicted octanol–water partition coefficient (Wildman–Crippen LogP) is 3.75. The van der Waals surface area contributed by atoms with Crippen molar-refractivity contribution in [3.8, 4) is 5.75 Å². The third-order valence-electron chi connectivity index (χ3n) is 3.98. The van der Waals surface area contributed by atoms with E-state index in [0.717, 1.165) is 11.3 Å². The fraction of sp³-hybridized carbons (Fsp3) is 0.143. The van der Waals surface area contributed by atoms with Crippen molar-refractivity contribution in [2.24, 2.45) is 0 Å². The fourth-order valence-corrected chi connectivity index (χ4v) is 2.61. The van der Waals surface area contributed by atoms with Crippen LogP contribution in [0.5, 0.6) is 5.75 Å². The number of carbonyl (C=O) groups excluding carboxylic acids is 2. The average molecular weight is 391 g/mol. The van der Waals surface area contributed by atoms with Gasteiger partial charge in [-0.1, -0.05) is 6.07 Å². The predicted molar refractivity (Wildman–Crippen MR) is 112 cm³/mol. The normalized spacial score (nSPS) is 10.2. The van der Waals surface area contributed by atoms with Gasteiger partial charge in [0.15, 0.2) is 11.5 Å². The summed E-state index contributed by atoms with van der Waals surface area (Å²) >= 11 is 0. The highest BCUT2D eigenvalue weighted by Crippen LogP contribution is 2.25. The molecule has 8 heteroatoms. The molecule has 0 bridgehead atoms. The second kappa shape index (κ2) is 8.83. The van der Waals surface area contributed by atoms with Crippen molar-refractivity contribution in [1.82, 2.24) is 10.2 Å². The van der Waals surface area contributed by atoms with E-state index < -0.39 is 0 Å². The van der Waals surface area contributed by atoms with E-state index in [1.165, 1.54) is 6.92 Å². The van der Waals surface area contributed by atoms with Gasteiger partial charge in [0.1, 0.15) is 5.75 Å². The van der Waals surface area contributed by atoms with Crippen LogP contribution in [0.15, 0.2) is 54.6 Å². The van der Waals surface area contributed by atoms with Crippen LogP contribution in [-0.4, -0.2) is 29.1 Å². The van der Waals surface area contributed by atoms with E-state index >= 15 is 0 Å². The highest BCUT2D eigenvalue weighted by Gasteiger charge is 2.12. The lowest BCUT2D eigenvalue weighted by atomic mass is 10.2. The lowest BCUT2D eigenvalue weighted by Gasteiger charge is -2.11. The van der Waals surface area contributed by atoms with E-state index in [2.05, 4.69) is 26.1 Å². The molecule has 1 aromatic heterocycles. The molecule has 148 valence electrons. The quantitative estimate of drug-likeness (QED) is 0.591. The number of anilines is 4. The molecule has 2 amide bonds. The Morgan fingerprint density at radius 3 is 2.24 bits per heavy atom. The van der Waals surface area contributed by atoms with Gasteiger partial charge in [0.05, 0.1) is 12.8 Å². The largest absolute Gasteiger partial charge is 0.495 e. The first-order chi connectivity index (χ1) is 13.9. The minimum absolute atomic E-state index is 0.131. The summed E-state index contributed by atoms with van der Waals surface area (Å²) in [5.41, 5.74) is 3.22. The molecule has 0 aliphatic carbocycles. The number of carbonyl (C=O) groups is 2. The minimum Gasteiger partial charge on any atom is -0.495 e. The van der Waals surface area contributed by atoms with Crippen LogP contribution in [0.2, 0.25) is 0 Å². The van der Waals surface area contributed by atoms with Gasteiger partial charge in [0, 0.05) is 18.3 Å². The van der Waals surface area contributed by atoms with Crippen LogP contribution >= 0.6 is 0 Å². The fourth-order valence-electron chi connectivity index (χ4n) is 2.61. The number of nitrogens with one attached hydrogen (secondary N) is 3. The first kappa shape index (κ1) is 19.8. The summed E-state index contributed by atoms with van der Waals surface area (Å²) in [4.78, 5) is 23.5. The van der Waals surface area contributed by atoms with Gasteiger partial charge in [0.2, 0.25) is 5.91 Å². The van der Waals surface area contributed by atoms with Crippen LogP contribution in [0.4, 0.5) is 22.9 Å². The average Bonchev–Trinajstić information content (AvgIpc) is 2.70. The maximum Gasteiger partial charge on any atom is 0.276 e. The van der Waals surface area contributed by atoms with E-state index in [1.807, 2.05) is 19.1 Å². The van der Waals surface area contributed by atoms with Gasteiger partial charge in [-0.05, 0) is 61.0 Å². The monoisotopic (exact) mass is 391 g/mol. The summed E-state index contributed by atoms with van der Waals surface area (Å²) in [6.07, 6.45) is 0. The van der Waals surface area contributed by atoms with Crippen LogP contribution in [0.1, 0.15) is 23.0 Å². The van der Waals surface area contributed by atoms with E-state index in [1.54, 1.807) is 49.6 Å². The summed E-state index contributed by atoms with van der Waals surface area (Å²) in [5, 5.41) is 16.6. The van der Waals surface area contributed by atoms with Crippen molar-refractivity contribution < 1.29 is 14.3 Å². The van der Waals surface area contributed by atoms with Gasteiger partial charge in [-0.3, -0.25) is 9.59 Å². The Labute approximate surface area is 168 Å². The molecule has 29 heavy (non-hydrogen) atoms. The second-order valence-electron chi connectivity index (χ2n) is 6.35. The Balaban J connectivity index is 1.66. The summed E-state index contributed by atoms with van der Waals surface area (Å²) in [6, 6.07) is 15.9. The molecule has 0 saturated carbocycles. The molecule has 8 nitrogen and oxygen atoms in total. The van der Waals surface area contributed by atoms with Gasteiger partial charge in [0.25, 0.3) is 5.91 Å². The molecule has 2 aromatic carbocycles. The van der Waals surface area contributed by atoms with Crippen molar-refractivity contribution in [1.29, 1.82) is 0 Å². The molecule has 0 spiro atoms. The molecule has 0 aliphatic heterocycles. The zero-order valence-electron chi connectivity index (χ0n) is 16.3. The van der Waals surface area contributed by atoms with Crippen molar-refractivity contribution >= 4 is 34.7 Å². The number of aromatic nitrogens is 2. The highest BCUT2D eigenvalue weighted by atomic mass is 16.5. The van der Waals surface area contributed by atoms with Crippen molar-refractivity contribution in [3.63, 3.8) is 0 Å². The Morgan fingerprint density at radius 1 is 0.897 bits per heavy atom. The number of hydrogen-bond donors (Lipinski definition) is 3. The Hall–Kier alpha value is -3.94. The molecule has 0 atom stereocenters. The minimum atomic E-state index is -0.382. The molecular formula is C21H21N5O3. The number of methoxy groups -OCH3 is 1. The number of amides is 2. The van der Waals surface area contributed by atoms with Crippen molar-refractivity contribution in [2.45, 2.75) is 13.8 Å². The molecule has 0 radical (unpaired) electrons. The van der Waals surface area contributed by atoms with E-state index in [0.29, 0.717) is 22.9 Å². The first-order valence-electron chi connectivity index (χ1n) is 8.89. The lowest BCUT2D eigenvalue weighted by molar-refractivity contribution is -0.114. The summed E-state index contributed by atoms with van der Waals surface area (Å²) in [6.45, 7) is 3.38.